The SMILES string of the molecule is COc1cccc(-c2nnc(SCc3csc(-c4ccc(C)cc4)n3)n2C)c1. The lowest BCUT2D eigenvalue weighted by Gasteiger charge is -2.05. The van der Waals surface area contributed by atoms with Gasteiger partial charge in [0.15, 0.2) is 11.0 Å². The van der Waals surface area contributed by atoms with Crippen molar-refractivity contribution in [3.8, 4) is 27.7 Å². The van der Waals surface area contributed by atoms with Crippen LogP contribution < -0.4 is 4.74 Å². The molecule has 2 aromatic carbocycles. The minimum Gasteiger partial charge on any atom is -0.497 e. The Morgan fingerprint density at radius 2 is 1.89 bits per heavy atom. The summed E-state index contributed by atoms with van der Waals surface area (Å²) in [4.78, 5) is 4.77. The molecule has 0 fully saturated rings. The van der Waals surface area contributed by atoms with Gasteiger partial charge in [-0.3, -0.25) is 0 Å². The highest BCUT2D eigenvalue weighted by Crippen LogP contribution is 2.29. The predicted molar refractivity (Wildman–Crippen MR) is 115 cm³/mol. The smallest absolute Gasteiger partial charge is 0.191 e. The summed E-state index contributed by atoms with van der Waals surface area (Å²) in [6.45, 7) is 2.09. The van der Waals surface area contributed by atoms with Crippen LogP contribution in [0.1, 0.15) is 11.3 Å². The zero-order valence-corrected chi connectivity index (χ0v) is 17.5. The van der Waals surface area contributed by atoms with Crippen molar-refractivity contribution in [2.45, 2.75) is 17.8 Å². The standard InChI is InChI=1S/C21H20N4OS2/c1-14-7-9-15(10-8-14)20-22-17(12-27-20)13-28-21-24-23-19(25(21)2)16-5-4-6-18(11-16)26-3/h4-12H,13H2,1-3H3. The average Bonchev–Trinajstić information content (AvgIpc) is 3.34. The lowest BCUT2D eigenvalue weighted by atomic mass is 10.2. The van der Waals surface area contributed by atoms with Gasteiger partial charge in [0.1, 0.15) is 10.8 Å². The Hall–Kier alpha value is -2.64. The molecule has 4 rings (SSSR count). The maximum atomic E-state index is 5.30. The molecule has 2 aromatic heterocycles. The summed E-state index contributed by atoms with van der Waals surface area (Å²) in [5.41, 5.74) is 4.45. The van der Waals surface area contributed by atoms with Crippen LogP contribution in [0.15, 0.2) is 59.1 Å². The second kappa shape index (κ2) is 8.16. The first-order chi connectivity index (χ1) is 13.6. The first-order valence-electron chi connectivity index (χ1n) is 8.82. The van der Waals surface area contributed by atoms with Crippen molar-refractivity contribution in [2.24, 2.45) is 7.05 Å². The fourth-order valence-electron chi connectivity index (χ4n) is 2.79. The van der Waals surface area contributed by atoms with Crippen LogP contribution in [-0.4, -0.2) is 26.9 Å². The van der Waals surface area contributed by atoms with E-state index in [2.05, 4.69) is 46.8 Å². The molecule has 0 atom stereocenters. The van der Waals surface area contributed by atoms with Gasteiger partial charge in [0.2, 0.25) is 0 Å². The minimum atomic E-state index is 0.756. The Kier molecular flexibility index (Phi) is 5.45. The summed E-state index contributed by atoms with van der Waals surface area (Å²) in [7, 11) is 3.64. The summed E-state index contributed by atoms with van der Waals surface area (Å²) in [6.07, 6.45) is 0. The molecular formula is C21H20N4OS2. The van der Waals surface area contributed by atoms with Crippen molar-refractivity contribution in [3.63, 3.8) is 0 Å². The van der Waals surface area contributed by atoms with E-state index >= 15 is 0 Å². The summed E-state index contributed by atoms with van der Waals surface area (Å²) < 4.78 is 7.31. The van der Waals surface area contributed by atoms with Gasteiger partial charge in [0, 0.05) is 29.3 Å². The number of ether oxygens (including phenoxy) is 1. The molecule has 0 N–H and O–H groups in total. The van der Waals surface area contributed by atoms with E-state index in [0.29, 0.717) is 0 Å². The van der Waals surface area contributed by atoms with Crippen LogP contribution in [-0.2, 0) is 12.8 Å². The summed E-state index contributed by atoms with van der Waals surface area (Å²) in [6, 6.07) is 16.3. The highest BCUT2D eigenvalue weighted by atomic mass is 32.2. The van der Waals surface area contributed by atoms with E-state index in [1.807, 2.05) is 35.9 Å². The van der Waals surface area contributed by atoms with Gasteiger partial charge in [-0.05, 0) is 19.1 Å². The van der Waals surface area contributed by atoms with Gasteiger partial charge in [-0.15, -0.1) is 21.5 Å². The highest BCUT2D eigenvalue weighted by Gasteiger charge is 2.13. The van der Waals surface area contributed by atoms with Gasteiger partial charge in [-0.25, -0.2) is 4.98 Å². The fourth-order valence-corrected chi connectivity index (χ4v) is 4.53. The molecule has 0 saturated carbocycles. The Labute approximate surface area is 172 Å². The van der Waals surface area contributed by atoms with Crippen molar-refractivity contribution in [3.05, 3.63) is 65.2 Å². The Morgan fingerprint density at radius 1 is 1.07 bits per heavy atom. The molecule has 28 heavy (non-hydrogen) atoms. The first-order valence-corrected chi connectivity index (χ1v) is 10.7. The highest BCUT2D eigenvalue weighted by molar-refractivity contribution is 7.98. The first kappa shape index (κ1) is 18.7. The second-order valence-electron chi connectivity index (χ2n) is 6.40. The van der Waals surface area contributed by atoms with E-state index in [1.54, 1.807) is 30.2 Å². The molecule has 2 heterocycles. The number of aromatic nitrogens is 4. The van der Waals surface area contributed by atoms with Crippen LogP contribution in [0.3, 0.4) is 0 Å². The Balaban J connectivity index is 1.47. The number of benzene rings is 2. The maximum Gasteiger partial charge on any atom is 0.191 e. The number of rotatable bonds is 6. The molecule has 0 unspecified atom stereocenters. The molecule has 4 aromatic rings. The van der Waals surface area contributed by atoms with E-state index in [-0.39, 0.29) is 0 Å². The van der Waals surface area contributed by atoms with Crippen LogP contribution in [0.2, 0.25) is 0 Å². The van der Waals surface area contributed by atoms with Crippen LogP contribution in [0.4, 0.5) is 0 Å². The van der Waals surface area contributed by atoms with Gasteiger partial charge in [-0.2, -0.15) is 0 Å². The van der Waals surface area contributed by atoms with Crippen LogP contribution in [0.25, 0.3) is 22.0 Å². The number of hydrogen-bond acceptors (Lipinski definition) is 6. The number of thiazole rings is 1. The van der Waals surface area contributed by atoms with E-state index in [4.69, 9.17) is 9.72 Å². The van der Waals surface area contributed by atoms with Gasteiger partial charge >= 0.3 is 0 Å². The molecule has 0 bridgehead atoms. The topological polar surface area (TPSA) is 52.8 Å². The lowest BCUT2D eigenvalue weighted by Crippen LogP contribution is -1.95. The van der Waals surface area contributed by atoms with Crippen LogP contribution in [0, 0.1) is 6.92 Å². The van der Waals surface area contributed by atoms with Gasteiger partial charge in [0.25, 0.3) is 0 Å². The van der Waals surface area contributed by atoms with Crippen LogP contribution in [0.5, 0.6) is 5.75 Å². The third-order valence-electron chi connectivity index (χ3n) is 4.36. The molecule has 0 radical (unpaired) electrons. The largest absolute Gasteiger partial charge is 0.497 e. The van der Waals surface area contributed by atoms with E-state index in [0.717, 1.165) is 44.3 Å². The zero-order chi connectivity index (χ0) is 19.5. The number of methoxy groups -OCH3 is 1. The van der Waals surface area contributed by atoms with E-state index in [1.165, 1.54) is 5.56 Å². The third kappa shape index (κ3) is 3.95. The summed E-state index contributed by atoms with van der Waals surface area (Å²) in [5, 5.41) is 12.7. The van der Waals surface area contributed by atoms with Crippen LogP contribution >= 0.6 is 23.1 Å². The van der Waals surface area contributed by atoms with Crippen molar-refractivity contribution < 1.29 is 4.74 Å². The molecular weight excluding hydrogens is 388 g/mol. The third-order valence-corrected chi connectivity index (χ3v) is 6.36. The van der Waals surface area contributed by atoms with E-state index < -0.39 is 0 Å². The van der Waals surface area contributed by atoms with Crippen molar-refractivity contribution in [1.29, 1.82) is 0 Å². The molecule has 0 aliphatic rings. The summed E-state index contributed by atoms with van der Waals surface area (Å²) in [5.74, 6) is 2.38. The maximum absolute atomic E-state index is 5.30. The normalized spacial score (nSPS) is 11.0. The lowest BCUT2D eigenvalue weighted by molar-refractivity contribution is 0.415. The Morgan fingerprint density at radius 3 is 2.68 bits per heavy atom. The summed E-state index contributed by atoms with van der Waals surface area (Å²) >= 11 is 3.31. The molecule has 142 valence electrons. The van der Waals surface area contributed by atoms with E-state index in [9.17, 15) is 0 Å². The monoisotopic (exact) mass is 408 g/mol. The molecule has 0 spiro atoms. The molecule has 0 aliphatic heterocycles. The molecule has 5 nitrogen and oxygen atoms in total. The van der Waals surface area contributed by atoms with Gasteiger partial charge in [0.05, 0.1) is 12.8 Å². The predicted octanol–water partition coefficient (Wildman–Crippen LogP) is 5.21. The number of hydrogen-bond donors (Lipinski definition) is 0. The van der Waals surface area contributed by atoms with Crippen molar-refractivity contribution >= 4 is 23.1 Å². The van der Waals surface area contributed by atoms with Gasteiger partial charge < -0.3 is 9.30 Å². The zero-order valence-electron chi connectivity index (χ0n) is 15.9. The second-order valence-corrected chi connectivity index (χ2v) is 8.20. The number of thioether (sulfide) groups is 1. The Bertz CT molecular complexity index is 1090. The number of nitrogens with zero attached hydrogens (tertiary/aromatic N) is 4. The minimum absolute atomic E-state index is 0.756. The van der Waals surface area contributed by atoms with Gasteiger partial charge in [-0.1, -0.05) is 53.7 Å². The number of aryl methyl sites for hydroxylation is 1. The fraction of sp³-hybridized carbons (Fsp3) is 0.190. The molecule has 7 heteroatoms. The quantitative estimate of drug-likeness (QED) is 0.410. The van der Waals surface area contributed by atoms with Crippen molar-refractivity contribution in [1.82, 2.24) is 19.7 Å². The van der Waals surface area contributed by atoms with Crippen molar-refractivity contribution in [2.75, 3.05) is 7.11 Å². The molecule has 0 saturated heterocycles. The molecule has 0 amide bonds. The molecule has 0 aliphatic carbocycles. The average molecular weight is 409 g/mol.